The Morgan fingerprint density at radius 2 is 1.81 bits per heavy atom. The van der Waals surface area contributed by atoms with Gasteiger partial charge in [0.2, 0.25) is 0 Å². The van der Waals surface area contributed by atoms with E-state index in [9.17, 15) is 22.7 Å². The van der Waals surface area contributed by atoms with Gasteiger partial charge in [-0.1, -0.05) is 11.6 Å². The molecule has 0 aliphatic heterocycles. The summed E-state index contributed by atoms with van der Waals surface area (Å²) in [4.78, 5) is 0. The molecule has 2 nitrogen and oxygen atoms in total. The fourth-order valence-electron chi connectivity index (χ4n) is 1.77. The Hall–Kier alpha value is -1.95. The van der Waals surface area contributed by atoms with Crippen molar-refractivity contribution in [3.63, 3.8) is 0 Å². The number of phenols is 1. The van der Waals surface area contributed by atoms with Crippen molar-refractivity contribution in [1.29, 1.82) is 0 Å². The number of anilines is 1. The smallest absolute Gasteiger partial charge is 0.416 e. The Bertz CT molecular complexity index is 638. The number of hydrogen-bond acceptors (Lipinski definition) is 2. The van der Waals surface area contributed by atoms with E-state index in [1.807, 2.05) is 0 Å². The van der Waals surface area contributed by atoms with Crippen LogP contribution in [0.1, 0.15) is 11.1 Å². The molecule has 0 spiro atoms. The number of aromatic hydroxyl groups is 1. The Kier molecular flexibility index (Phi) is 4.27. The summed E-state index contributed by atoms with van der Waals surface area (Å²) in [7, 11) is 0. The van der Waals surface area contributed by atoms with Gasteiger partial charge in [-0.25, -0.2) is 4.39 Å². The van der Waals surface area contributed by atoms with E-state index in [0.29, 0.717) is 5.56 Å². The Morgan fingerprint density at radius 1 is 1.10 bits per heavy atom. The van der Waals surface area contributed by atoms with Crippen LogP contribution in [-0.4, -0.2) is 5.11 Å². The second kappa shape index (κ2) is 5.81. The number of rotatable bonds is 3. The third-order valence-electron chi connectivity index (χ3n) is 2.72. The van der Waals surface area contributed by atoms with Crippen molar-refractivity contribution < 1.29 is 22.7 Å². The minimum atomic E-state index is -4.47. The summed E-state index contributed by atoms with van der Waals surface area (Å²) in [5.41, 5.74) is -0.382. The van der Waals surface area contributed by atoms with Gasteiger partial charge in [0, 0.05) is 12.6 Å². The van der Waals surface area contributed by atoms with E-state index in [4.69, 9.17) is 11.6 Å². The van der Waals surface area contributed by atoms with Gasteiger partial charge in [-0.15, -0.1) is 0 Å². The molecule has 0 fully saturated rings. The van der Waals surface area contributed by atoms with Gasteiger partial charge in [0.25, 0.3) is 0 Å². The molecule has 7 heteroatoms. The van der Waals surface area contributed by atoms with Gasteiger partial charge >= 0.3 is 6.18 Å². The van der Waals surface area contributed by atoms with Gasteiger partial charge in [-0.2, -0.15) is 13.2 Å². The number of phenolic OH excluding ortho intramolecular Hbond substituents is 1. The highest BCUT2D eigenvalue weighted by atomic mass is 35.5. The fraction of sp³-hybridized carbons (Fsp3) is 0.143. The number of benzene rings is 2. The van der Waals surface area contributed by atoms with Gasteiger partial charge in [-0.05, 0) is 35.9 Å². The minimum absolute atomic E-state index is 0.0202. The van der Waals surface area contributed by atoms with Crippen LogP contribution in [0, 0.1) is 5.82 Å². The SMILES string of the molecule is Oc1cc(F)cc(CNc2cc(C(F)(F)F)ccc2Cl)c1. The number of nitrogens with one attached hydrogen (secondary N) is 1. The summed E-state index contributed by atoms with van der Waals surface area (Å²) < 4.78 is 50.9. The molecular weight excluding hydrogens is 310 g/mol. The minimum Gasteiger partial charge on any atom is -0.508 e. The van der Waals surface area contributed by atoms with Crippen molar-refractivity contribution in [2.45, 2.75) is 12.7 Å². The summed E-state index contributed by atoms with van der Waals surface area (Å²) in [6.45, 7) is 0.0202. The average Bonchev–Trinajstić information content (AvgIpc) is 2.35. The highest BCUT2D eigenvalue weighted by Gasteiger charge is 2.30. The van der Waals surface area contributed by atoms with E-state index in [1.165, 1.54) is 6.07 Å². The first-order chi connectivity index (χ1) is 9.75. The van der Waals surface area contributed by atoms with Crippen LogP contribution in [0.5, 0.6) is 5.75 Å². The van der Waals surface area contributed by atoms with E-state index in [2.05, 4.69) is 5.32 Å². The maximum Gasteiger partial charge on any atom is 0.416 e. The van der Waals surface area contributed by atoms with Gasteiger partial charge < -0.3 is 10.4 Å². The third kappa shape index (κ3) is 4.01. The van der Waals surface area contributed by atoms with E-state index >= 15 is 0 Å². The molecule has 0 saturated heterocycles. The molecule has 0 aliphatic rings. The molecule has 0 bridgehead atoms. The van der Waals surface area contributed by atoms with Crippen molar-refractivity contribution in [2.75, 3.05) is 5.32 Å². The first kappa shape index (κ1) is 15.4. The molecular formula is C14H10ClF4NO. The predicted octanol–water partition coefficient (Wildman–Crippen LogP) is 4.82. The summed E-state index contributed by atoms with van der Waals surface area (Å²) >= 11 is 5.82. The zero-order valence-electron chi connectivity index (χ0n) is 10.5. The lowest BCUT2D eigenvalue weighted by molar-refractivity contribution is -0.137. The van der Waals surface area contributed by atoms with Crippen LogP contribution in [0.4, 0.5) is 23.2 Å². The van der Waals surface area contributed by atoms with Crippen molar-refractivity contribution in [2.24, 2.45) is 0 Å². The molecule has 0 heterocycles. The van der Waals surface area contributed by atoms with Crippen LogP contribution in [0.3, 0.4) is 0 Å². The lowest BCUT2D eigenvalue weighted by Gasteiger charge is -2.12. The molecule has 0 aliphatic carbocycles. The largest absolute Gasteiger partial charge is 0.508 e. The van der Waals surface area contributed by atoms with Gasteiger partial charge in [0.05, 0.1) is 16.3 Å². The molecule has 0 atom stereocenters. The molecule has 0 unspecified atom stereocenters. The molecule has 2 rings (SSSR count). The standard InChI is InChI=1S/C14H10ClF4NO/c15-12-2-1-9(14(17,18)19)5-13(12)20-7-8-3-10(16)6-11(21)4-8/h1-6,20-21H,7H2. The molecule has 0 aromatic heterocycles. The van der Waals surface area contributed by atoms with Crippen molar-refractivity contribution in [3.05, 3.63) is 58.4 Å². The maximum absolute atomic E-state index is 13.1. The second-order valence-electron chi connectivity index (χ2n) is 4.36. The zero-order valence-corrected chi connectivity index (χ0v) is 11.3. The fourth-order valence-corrected chi connectivity index (χ4v) is 1.95. The highest BCUT2D eigenvalue weighted by Crippen LogP contribution is 2.34. The Balaban J connectivity index is 2.19. The van der Waals surface area contributed by atoms with E-state index in [1.54, 1.807) is 0 Å². The van der Waals surface area contributed by atoms with Crippen LogP contribution in [0.15, 0.2) is 36.4 Å². The Labute approximate surface area is 123 Å². The van der Waals surface area contributed by atoms with Crippen LogP contribution < -0.4 is 5.32 Å². The van der Waals surface area contributed by atoms with E-state index < -0.39 is 17.6 Å². The summed E-state index contributed by atoms with van der Waals surface area (Å²) in [5, 5.41) is 12.1. The van der Waals surface area contributed by atoms with Crippen LogP contribution in [-0.2, 0) is 12.7 Å². The molecule has 2 aromatic carbocycles. The summed E-state index contributed by atoms with van der Waals surface area (Å²) in [6.07, 6.45) is -4.47. The van der Waals surface area contributed by atoms with Crippen LogP contribution in [0.2, 0.25) is 5.02 Å². The van der Waals surface area contributed by atoms with Crippen molar-refractivity contribution >= 4 is 17.3 Å². The number of halogens is 5. The molecule has 0 saturated carbocycles. The molecule has 21 heavy (non-hydrogen) atoms. The predicted molar refractivity (Wildman–Crippen MR) is 71.8 cm³/mol. The highest BCUT2D eigenvalue weighted by molar-refractivity contribution is 6.33. The maximum atomic E-state index is 13.1. The van der Waals surface area contributed by atoms with E-state index in [0.717, 1.165) is 30.3 Å². The second-order valence-corrected chi connectivity index (χ2v) is 4.77. The monoisotopic (exact) mass is 319 g/mol. The van der Waals surface area contributed by atoms with Gasteiger partial charge in [-0.3, -0.25) is 0 Å². The molecule has 0 radical (unpaired) electrons. The molecule has 112 valence electrons. The average molecular weight is 320 g/mol. The lowest BCUT2D eigenvalue weighted by atomic mass is 10.1. The quantitative estimate of drug-likeness (QED) is 0.795. The first-order valence-corrected chi connectivity index (χ1v) is 6.22. The van der Waals surface area contributed by atoms with Crippen molar-refractivity contribution in [3.8, 4) is 5.75 Å². The molecule has 2 aromatic rings. The van der Waals surface area contributed by atoms with E-state index in [-0.39, 0.29) is 23.0 Å². The summed E-state index contributed by atoms with van der Waals surface area (Å²) in [5.74, 6) is -0.899. The van der Waals surface area contributed by atoms with Gasteiger partial charge in [0.1, 0.15) is 11.6 Å². The number of alkyl halides is 3. The van der Waals surface area contributed by atoms with Crippen LogP contribution >= 0.6 is 11.6 Å². The van der Waals surface area contributed by atoms with Crippen molar-refractivity contribution in [1.82, 2.24) is 0 Å². The molecule has 2 N–H and O–H groups in total. The normalized spacial score (nSPS) is 11.5. The number of hydrogen-bond donors (Lipinski definition) is 2. The zero-order chi connectivity index (χ0) is 15.6. The first-order valence-electron chi connectivity index (χ1n) is 5.85. The topological polar surface area (TPSA) is 32.3 Å². The summed E-state index contributed by atoms with van der Waals surface area (Å²) in [6, 6.07) is 6.28. The Morgan fingerprint density at radius 3 is 2.43 bits per heavy atom. The third-order valence-corrected chi connectivity index (χ3v) is 3.05. The molecule has 0 amide bonds. The lowest BCUT2D eigenvalue weighted by Crippen LogP contribution is -2.07. The van der Waals surface area contributed by atoms with Gasteiger partial charge in [0.15, 0.2) is 0 Å². The van der Waals surface area contributed by atoms with Crippen LogP contribution in [0.25, 0.3) is 0 Å².